The molecule has 0 unspecified atom stereocenters. The maximum absolute atomic E-state index is 11.9. The van der Waals surface area contributed by atoms with Crippen molar-refractivity contribution in [2.45, 2.75) is 13.0 Å². The molecular weight excluding hydrogens is 326 g/mol. The van der Waals surface area contributed by atoms with Crippen LogP contribution < -0.4 is 15.5 Å². The van der Waals surface area contributed by atoms with Crippen LogP contribution in [0.15, 0.2) is 48.8 Å². The number of piperazine rings is 1. The number of amides is 1. The van der Waals surface area contributed by atoms with Gasteiger partial charge in [0.15, 0.2) is 0 Å². The molecule has 0 spiro atoms. The van der Waals surface area contributed by atoms with Gasteiger partial charge in [0, 0.05) is 69.5 Å². The third-order valence-electron chi connectivity index (χ3n) is 4.63. The highest BCUT2D eigenvalue weighted by atomic mass is 16.1. The number of carbonyl (C=O) groups excluding carboxylic acids is 1. The van der Waals surface area contributed by atoms with Gasteiger partial charge in [0.2, 0.25) is 5.91 Å². The van der Waals surface area contributed by atoms with Crippen molar-refractivity contribution in [1.82, 2.24) is 15.2 Å². The molecule has 0 radical (unpaired) electrons. The molecule has 0 aliphatic carbocycles. The van der Waals surface area contributed by atoms with E-state index in [0.29, 0.717) is 19.5 Å². The molecule has 0 saturated carbocycles. The highest BCUT2D eigenvalue weighted by Crippen LogP contribution is 2.19. The first-order chi connectivity index (χ1) is 12.7. The van der Waals surface area contributed by atoms with Gasteiger partial charge in [-0.3, -0.25) is 9.78 Å². The number of hydrogen-bond acceptors (Lipinski definition) is 5. The SMILES string of the molecule is CN1CCN(c2ccc(NCCC(=O)NCc3cccnc3)cc2)CC1. The first-order valence-corrected chi connectivity index (χ1v) is 9.14. The molecule has 2 N–H and O–H groups in total. The molecule has 3 rings (SSSR count). The number of aromatic nitrogens is 1. The summed E-state index contributed by atoms with van der Waals surface area (Å²) in [7, 11) is 2.16. The molecule has 1 aliphatic rings. The Kier molecular flexibility index (Phi) is 6.44. The average molecular weight is 353 g/mol. The molecule has 138 valence electrons. The zero-order chi connectivity index (χ0) is 18.2. The highest BCUT2D eigenvalue weighted by molar-refractivity contribution is 5.76. The molecule has 2 heterocycles. The molecule has 0 atom stereocenters. The van der Waals surface area contributed by atoms with E-state index in [1.54, 1.807) is 12.4 Å². The Hall–Kier alpha value is -2.60. The second-order valence-electron chi connectivity index (χ2n) is 6.65. The van der Waals surface area contributed by atoms with Crippen LogP contribution in [0.5, 0.6) is 0 Å². The summed E-state index contributed by atoms with van der Waals surface area (Å²) in [5.41, 5.74) is 3.31. The van der Waals surface area contributed by atoms with Crippen LogP contribution in [0.3, 0.4) is 0 Å². The van der Waals surface area contributed by atoms with Gasteiger partial charge in [-0.05, 0) is 42.9 Å². The van der Waals surface area contributed by atoms with Crippen molar-refractivity contribution in [2.75, 3.05) is 50.0 Å². The van der Waals surface area contributed by atoms with E-state index in [1.165, 1.54) is 5.69 Å². The lowest BCUT2D eigenvalue weighted by Crippen LogP contribution is -2.44. The lowest BCUT2D eigenvalue weighted by molar-refractivity contribution is -0.121. The topological polar surface area (TPSA) is 60.5 Å². The van der Waals surface area contributed by atoms with E-state index in [1.807, 2.05) is 12.1 Å². The lowest BCUT2D eigenvalue weighted by atomic mass is 10.2. The Bertz CT molecular complexity index is 681. The van der Waals surface area contributed by atoms with Crippen LogP contribution in [0.2, 0.25) is 0 Å². The Labute approximate surface area is 155 Å². The molecule has 1 aromatic heterocycles. The van der Waals surface area contributed by atoms with E-state index in [2.05, 4.69) is 56.7 Å². The van der Waals surface area contributed by atoms with E-state index in [-0.39, 0.29) is 5.91 Å². The normalized spacial score (nSPS) is 14.9. The van der Waals surface area contributed by atoms with Crippen molar-refractivity contribution < 1.29 is 4.79 Å². The Morgan fingerprint density at radius 3 is 2.58 bits per heavy atom. The summed E-state index contributed by atoms with van der Waals surface area (Å²) in [4.78, 5) is 20.7. The molecule has 1 aromatic carbocycles. The number of rotatable bonds is 7. The van der Waals surface area contributed by atoms with Crippen molar-refractivity contribution in [1.29, 1.82) is 0 Å². The summed E-state index contributed by atoms with van der Waals surface area (Å²) in [5, 5.41) is 6.22. The van der Waals surface area contributed by atoms with E-state index in [4.69, 9.17) is 0 Å². The molecular formula is C20H27N5O. The van der Waals surface area contributed by atoms with Gasteiger partial charge in [-0.1, -0.05) is 6.07 Å². The van der Waals surface area contributed by atoms with Crippen LogP contribution in [0, 0.1) is 0 Å². The van der Waals surface area contributed by atoms with Crippen molar-refractivity contribution in [3.63, 3.8) is 0 Å². The fourth-order valence-corrected chi connectivity index (χ4v) is 2.97. The number of hydrogen-bond donors (Lipinski definition) is 2. The van der Waals surface area contributed by atoms with Gasteiger partial charge >= 0.3 is 0 Å². The van der Waals surface area contributed by atoms with Gasteiger partial charge in [-0.25, -0.2) is 0 Å². The minimum absolute atomic E-state index is 0.0374. The number of benzene rings is 1. The summed E-state index contributed by atoms with van der Waals surface area (Å²) in [6.07, 6.45) is 3.94. The molecule has 1 amide bonds. The largest absolute Gasteiger partial charge is 0.385 e. The van der Waals surface area contributed by atoms with Crippen LogP contribution in [-0.2, 0) is 11.3 Å². The molecule has 1 saturated heterocycles. The fourth-order valence-electron chi connectivity index (χ4n) is 2.97. The summed E-state index contributed by atoms with van der Waals surface area (Å²) in [5.74, 6) is 0.0374. The Morgan fingerprint density at radius 2 is 1.88 bits per heavy atom. The minimum atomic E-state index is 0.0374. The summed E-state index contributed by atoms with van der Waals surface area (Å²) in [6.45, 7) is 5.49. The molecule has 26 heavy (non-hydrogen) atoms. The second kappa shape index (κ2) is 9.20. The van der Waals surface area contributed by atoms with Gasteiger partial charge in [0.1, 0.15) is 0 Å². The van der Waals surface area contributed by atoms with Crippen LogP contribution >= 0.6 is 0 Å². The summed E-state index contributed by atoms with van der Waals surface area (Å²) in [6, 6.07) is 12.3. The average Bonchev–Trinajstić information content (AvgIpc) is 2.68. The van der Waals surface area contributed by atoms with E-state index in [0.717, 1.165) is 37.4 Å². The van der Waals surface area contributed by atoms with Crippen LogP contribution in [0.25, 0.3) is 0 Å². The van der Waals surface area contributed by atoms with Crippen molar-refractivity contribution in [3.05, 3.63) is 54.4 Å². The smallest absolute Gasteiger partial charge is 0.222 e. The fraction of sp³-hybridized carbons (Fsp3) is 0.400. The number of anilines is 2. The second-order valence-corrected chi connectivity index (χ2v) is 6.65. The minimum Gasteiger partial charge on any atom is -0.385 e. The zero-order valence-corrected chi connectivity index (χ0v) is 15.3. The predicted molar refractivity (Wildman–Crippen MR) is 105 cm³/mol. The lowest BCUT2D eigenvalue weighted by Gasteiger charge is -2.34. The number of likely N-dealkylation sites (N-methyl/N-ethyl adjacent to an activating group) is 1. The molecule has 6 heteroatoms. The first kappa shape index (κ1) is 18.2. The highest BCUT2D eigenvalue weighted by Gasteiger charge is 2.13. The maximum atomic E-state index is 11.9. The third kappa shape index (κ3) is 5.46. The molecule has 2 aromatic rings. The molecule has 1 aliphatic heterocycles. The van der Waals surface area contributed by atoms with Crippen LogP contribution in [0.4, 0.5) is 11.4 Å². The third-order valence-corrected chi connectivity index (χ3v) is 4.63. The Balaban J connectivity index is 1.37. The van der Waals surface area contributed by atoms with Crippen LogP contribution in [-0.4, -0.2) is 55.6 Å². The number of pyridine rings is 1. The van der Waals surface area contributed by atoms with Crippen molar-refractivity contribution in [2.24, 2.45) is 0 Å². The first-order valence-electron chi connectivity index (χ1n) is 9.14. The quantitative estimate of drug-likeness (QED) is 0.797. The zero-order valence-electron chi connectivity index (χ0n) is 15.3. The van der Waals surface area contributed by atoms with Gasteiger partial charge in [0.25, 0.3) is 0 Å². The van der Waals surface area contributed by atoms with Gasteiger partial charge in [-0.15, -0.1) is 0 Å². The van der Waals surface area contributed by atoms with Gasteiger partial charge in [-0.2, -0.15) is 0 Å². The molecule has 1 fully saturated rings. The number of nitrogens with one attached hydrogen (secondary N) is 2. The number of carbonyl (C=O) groups is 1. The summed E-state index contributed by atoms with van der Waals surface area (Å²) >= 11 is 0. The monoisotopic (exact) mass is 353 g/mol. The number of nitrogens with zero attached hydrogens (tertiary/aromatic N) is 3. The van der Waals surface area contributed by atoms with E-state index < -0.39 is 0 Å². The Morgan fingerprint density at radius 1 is 1.12 bits per heavy atom. The van der Waals surface area contributed by atoms with E-state index >= 15 is 0 Å². The molecule has 6 nitrogen and oxygen atoms in total. The van der Waals surface area contributed by atoms with Crippen LogP contribution in [0.1, 0.15) is 12.0 Å². The summed E-state index contributed by atoms with van der Waals surface area (Å²) < 4.78 is 0. The van der Waals surface area contributed by atoms with E-state index in [9.17, 15) is 4.79 Å². The van der Waals surface area contributed by atoms with Gasteiger partial charge in [0.05, 0.1) is 0 Å². The van der Waals surface area contributed by atoms with Crippen molar-refractivity contribution >= 4 is 17.3 Å². The van der Waals surface area contributed by atoms with Gasteiger partial charge < -0.3 is 20.4 Å². The molecule has 0 bridgehead atoms. The maximum Gasteiger partial charge on any atom is 0.222 e. The standard InChI is InChI=1S/C20H27N5O/c1-24-11-13-25(14-12-24)19-6-4-18(5-7-19)22-10-8-20(26)23-16-17-3-2-9-21-15-17/h2-7,9,15,22H,8,10-14,16H2,1H3,(H,23,26). The predicted octanol–water partition coefficient (Wildman–Crippen LogP) is 1.95. The van der Waals surface area contributed by atoms with Crippen molar-refractivity contribution in [3.8, 4) is 0 Å².